The van der Waals surface area contributed by atoms with Gasteiger partial charge in [-0.25, -0.2) is 0 Å². The average molecular weight is 344 g/mol. The van der Waals surface area contributed by atoms with Crippen LogP contribution in [0.2, 0.25) is 0 Å². The molecule has 4 rings (SSSR count). The summed E-state index contributed by atoms with van der Waals surface area (Å²) in [6.45, 7) is 1.92. The van der Waals surface area contributed by atoms with Crippen molar-refractivity contribution >= 4 is 23.2 Å². The molecule has 3 heterocycles. The molecule has 5 nitrogen and oxygen atoms in total. The minimum atomic E-state index is 0.0123. The van der Waals surface area contributed by atoms with E-state index < -0.39 is 0 Å². The van der Waals surface area contributed by atoms with Gasteiger partial charge >= 0.3 is 0 Å². The normalized spacial score (nSPS) is 25.2. The molecule has 2 amide bonds. The van der Waals surface area contributed by atoms with Gasteiger partial charge in [-0.05, 0) is 36.4 Å². The molecule has 0 radical (unpaired) electrons. The van der Waals surface area contributed by atoms with Crippen LogP contribution in [-0.4, -0.2) is 29.8 Å². The average Bonchev–Trinajstić information content (AvgIpc) is 3.07. The molecule has 1 aliphatic carbocycles. The lowest BCUT2D eigenvalue weighted by molar-refractivity contribution is -0.130. The Labute approximate surface area is 144 Å². The van der Waals surface area contributed by atoms with Gasteiger partial charge in [0.1, 0.15) is 5.76 Å². The second-order valence-corrected chi connectivity index (χ2v) is 7.77. The summed E-state index contributed by atoms with van der Waals surface area (Å²) in [7, 11) is 0. The van der Waals surface area contributed by atoms with Gasteiger partial charge in [0, 0.05) is 29.3 Å². The molecule has 6 heteroatoms. The summed E-state index contributed by atoms with van der Waals surface area (Å²) in [5.74, 6) is 1.05. The molecule has 2 aromatic rings. The van der Waals surface area contributed by atoms with Crippen LogP contribution in [0.4, 0.5) is 0 Å². The van der Waals surface area contributed by atoms with Crippen molar-refractivity contribution in [3.63, 3.8) is 0 Å². The first-order chi connectivity index (χ1) is 11.7. The molecule has 24 heavy (non-hydrogen) atoms. The fraction of sp³-hybridized carbons (Fsp3) is 0.444. The number of likely N-dealkylation sites (tertiary alicyclic amines) is 1. The lowest BCUT2D eigenvalue weighted by Crippen LogP contribution is -2.31. The third-order valence-corrected chi connectivity index (χ3v) is 6.04. The van der Waals surface area contributed by atoms with E-state index in [-0.39, 0.29) is 23.1 Å². The predicted octanol–water partition coefficient (Wildman–Crippen LogP) is 2.44. The number of furan rings is 1. The predicted molar refractivity (Wildman–Crippen MR) is 90.3 cm³/mol. The second-order valence-electron chi connectivity index (χ2n) is 6.74. The highest BCUT2D eigenvalue weighted by Gasteiger charge is 2.61. The number of nitrogens with one attached hydrogen (secondary N) is 1. The van der Waals surface area contributed by atoms with Crippen LogP contribution in [0.5, 0.6) is 0 Å². The summed E-state index contributed by atoms with van der Waals surface area (Å²) in [5, 5.41) is 4.94. The van der Waals surface area contributed by atoms with Gasteiger partial charge in [-0.2, -0.15) is 0 Å². The van der Waals surface area contributed by atoms with Crippen LogP contribution in [-0.2, 0) is 22.6 Å². The Bertz CT molecular complexity index is 726. The highest BCUT2D eigenvalue weighted by Crippen LogP contribution is 2.58. The first-order valence-electron chi connectivity index (χ1n) is 8.27. The summed E-state index contributed by atoms with van der Waals surface area (Å²) < 4.78 is 5.23. The number of hydrogen-bond donors (Lipinski definition) is 1. The van der Waals surface area contributed by atoms with Crippen LogP contribution in [0.1, 0.15) is 23.5 Å². The molecule has 126 valence electrons. The molecule has 1 spiro atoms. The molecule has 1 saturated heterocycles. The Kier molecular flexibility index (Phi) is 3.92. The lowest BCUT2D eigenvalue weighted by atomic mass is 10.0. The van der Waals surface area contributed by atoms with Crippen molar-refractivity contribution in [3.05, 3.63) is 46.5 Å². The molecule has 2 fully saturated rings. The van der Waals surface area contributed by atoms with Crippen LogP contribution in [0.3, 0.4) is 0 Å². The van der Waals surface area contributed by atoms with Gasteiger partial charge in [0.25, 0.3) is 0 Å². The van der Waals surface area contributed by atoms with Crippen LogP contribution in [0, 0.1) is 11.3 Å². The number of nitrogens with zero attached hydrogens (tertiary/aromatic N) is 1. The Morgan fingerprint density at radius 2 is 2.29 bits per heavy atom. The zero-order valence-corrected chi connectivity index (χ0v) is 14.2. The van der Waals surface area contributed by atoms with E-state index in [4.69, 9.17) is 4.42 Å². The Morgan fingerprint density at radius 1 is 1.38 bits per heavy atom. The van der Waals surface area contributed by atoms with Gasteiger partial charge < -0.3 is 14.6 Å². The minimum absolute atomic E-state index is 0.0123. The van der Waals surface area contributed by atoms with Crippen molar-refractivity contribution in [2.75, 3.05) is 13.1 Å². The van der Waals surface area contributed by atoms with Crippen LogP contribution in [0.15, 0.2) is 40.3 Å². The van der Waals surface area contributed by atoms with Crippen molar-refractivity contribution in [1.82, 2.24) is 10.2 Å². The van der Waals surface area contributed by atoms with Crippen molar-refractivity contribution in [2.24, 2.45) is 11.3 Å². The van der Waals surface area contributed by atoms with E-state index >= 15 is 0 Å². The number of amides is 2. The van der Waals surface area contributed by atoms with Crippen molar-refractivity contribution in [2.45, 2.75) is 25.8 Å². The largest absolute Gasteiger partial charge is 0.467 e. The molecule has 2 atom stereocenters. The van der Waals surface area contributed by atoms with Crippen LogP contribution in [0.25, 0.3) is 0 Å². The third-order valence-electron chi connectivity index (χ3n) is 5.17. The highest BCUT2D eigenvalue weighted by atomic mass is 32.1. The summed E-state index contributed by atoms with van der Waals surface area (Å²) in [5.41, 5.74) is 0.0123. The van der Waals surface area contributed by atoms with Gasteiger partial charge in [-0.1, -0.05) is 6.07 Å². The third kappa shape index (κ3) is 2.98. The summed E-state index contributed by atoms with van der Waals surface area (Å²) in [6.07, 6.45) is 3.90. The first-order valence-corrected chi connectivity index (χ1v) is 9.14. The maximum atomic E-state index is 12.4. The Hall–Kier alpha value is -2.08. The zero-order chi connectivity index (χ0) is 16.6. The number of carbonyl (C=O) groups is 2. The van der Waals surface area contributed by atoms with E-state index in [1.807, 2.05) is 34.5 Å². The fourth-order valence-electron chi connectivity index (χ4n) is 3.66. The molecule has 2 aliphatic rings. The lowest BCUT2D eigenvalue weighted by Gasteiger charge is -2.16. The van der Waals surface area contributed by atoms with E-state index in [0.717, 1.165) is 36.6 Å². The molecular formula is C18H20N2O3S. The zero-order valence-electron chi connectivity index (χ0n) is 13.4. The molecule has 1 aliphatic heterocycles. The number of thiophene rings is 1. The Morgan fingerprint density at radius 3 is 3.04 bits per heavy atom. The second kappa shape index (κ2) is 6.09. The topological polar surface area (TPSA) is 62.6 Å². The summed E-state index contributed by atoms with van der Waals surface area (Å²) in [6, 6.07) is 7.63. The van der Waals surface area contributed by atoms with Gasteiger partial charge in [-0.3, -0.25) is 9.59 Å². The molecule has 1 N–H and O–H groups in total. The fourth-order valence-corrected chi connectivity index (χ4v) is 4.36. The van der Waals surface area contributed by atoms with Crippen LogP contribution < -0.4 is 5.32 Å². The van der Waals surface area contributed by atoms with Gasteiger partial charge in [0.15, 0.2) is 0 Å². The van der Waals surface area contributed by atoms with E-state index in [0.29, 0.717) is 13.0 Å². The molecule has 0 aromatic carbocycles. The summed E-state index contributed by atoms with van der Waals surface area (Å²) in [4.78, 5) is 27.8. The summed E-state index contributed by atoms with van der Waals surface area (Å²) >= 11 is 1.62. The minimum Gasteiger partial charge on any atom is -0.467 e. The monoisotopic (exact) mass is 344 g/mol. The van der Waals surface area contributed by atoms with Crippen molar-refractivity contribution in [3.8, 4) is 0 Å². The van der Waals surface area contributed by atoms with Crippen molar-refractivity contribution < 1.29 is 14.0 Å². The molecular weight excluding hydrogens is 324 g/mol. The van der Waals surface area contributed by atoms with Crippen LogP contribution >= 0.6 is 11.3 Å². The van der Waals surface area contributed by atoms with Crippen molar-refractivity contribution in [1.29, 1.82) is 0 Å². The quantitative estimate of drug-likeness (QED) is 0.906. The van der Waals surface area contributed by atoms with Gasteiger partial charge in [0.05, 0.1) is 19.2 Å². The SMILES string of the molecule is O=C(NCc1ccco1)C1CC12CCN(C(=O)Cc1cccs1)C2. The Balaban J connectivity index is 1.29. The van der Waals surface area contributed by atoms with Gasteiger partial charge in [-0.15, -0.1) is 11.3 Å². The first kappa shape index (κ1) is 15.4. The van der Waals surface area contributed by atoms with E-state index in [9.17, 15) is 9.59 Å². The maximum absolute atomic E-state index is 12.4. The van der Waals surface area contributed by atoms with Gasteiger partial charge in [0.2, 0.25) is 11.8 Å². The number of carbonyl (C=O) groups excluding carboxylic acids is 2. The molecule has 0 bridgehead atoms. The standard InChI is InChI=1S/C18H20N2O3S/c21-16(9-14-4-2-8-24-14)20-6-5-18(12-20)10-15(18)17(22)19-11-13-3-1-7-23-13/h1-4,7-8,15H,5-6,9-12H2,(H,19,22). The smallest absolute Gasteiger partial charge is 0.227 e. The van der Waals surface area contributed by atoms with E-state index in [1.165, 1.54) is 0 Å². The van der Waals surface area contributed by atoms with E-state index in [1.54, 1.807) is 17.6 Å². The maximum Gasteiger partial charge on any atom is 0.227 e. The molecule has 1 saturated carbocycles. The molecule has 2 unspecified atom stereocenters. The number of hydrogen-bond acceptors (Lipinski definition) is 4. The molecule has 2 aromatic heterocycles. The highest BCUT2D eigenvalue weighted by molar-refractivity contribution is 7.10. The number of rotatable bonds is 5. The van der Waals surface area contributed by atoms with E-state index in [2.05, 4.69) is 5.32 Å².